The summed E-state index contributed by atoms with van der Waals surface area (Å²) in [6.07, 6.45) is 2.83. The second-order valence-corrected chi connectivity index (χ2v) is 4.94. The smallest absolute Gasteiger partial charge is 0.492 e. The molecular weight excluding hydrogens is 264 g/mol. The first kappa shape index (κ1) is 14.6. The van der Waals surface area contributed by atoms with Crippen molar-refractivity contribution in [3.05, 3.63) is 41.9 Å². The highest BCUT2D eigenvalue weighted by Gasteiger charge is 2.31. The molecule has 2 aromatic rings. The van der Waals surface area contributed by atoms with Gasteiger partial charge in [0.15, 0.2) is 18.0 Å². The average molecular weight is 279 g/mol. The molecule has 0 saturated carbocycles. The molecule has 0 fully saturated rings. The second-order valence-electron chi connectivity index (χ2n) is 4.94. The van der Waals surface area contributed by atoms with Crippen LogP contribution in [0.4, 0.5) is 4.39 Å². The maximum atomic E-state index is 14.0. The lowest BCUT2D eigenvalue weighted by atomic mass is 9.74. The standard InChI is InChI=1S/C13H15BFNO4/c1-13(2,11-6-16-7-20-11)8-4-9(14(17)18)12(19-3)10(15)5-8/h4-7,17-18H,1-3H3. The Hall–Kier alpha value is -1.86. The van der Waals surface area contributed by atoms with Gasteiger partial charge in [-0.05, 0) is 25.5 Å². The molecule has 2 N–H and O–H groups in total. The van der Waals surface area contributed by atoms with Gasteiger partial charge >= 0.3 is 7.12 Å². The Labute approximate surface area is 116 Å². The molecule has 106 valence electrons. The zero-order valence-corrected chi connectivity index (χ0v) is 11.4. The fourth-order valence-corrected chi connectivity index (χ4v) is 2.05. The first-order chi connectivity index (χ1) is 9.37. The Kier molecular flexibility index (Phi) is 3.83. The van der Waals surface area contributed by atoms with Crippen LogP contribution in [0.1, 0.15) is 25.2 Å². The third-order valence-corrected chi connectivity index (χ3v) is 3.32. The van der Waals surface area contributed by atoms with Crippen LogP contribution in [-0.4, -0.2) is 29.3 Å². The van der Waals surface area contributed by atoms with E-state index in [1.807, 2.05) is 13.8 Å². The van der Waals surface area contributed by atoms with Crippen LogP contribution in [0.15, 0.2) is 29.1 Å². The maximum Gasteiger partial charge on any atom is 0.492 e. The van der Waals surface area contributed by atoms with Gasteiger partial charge in [-0.2, -0.15) is 0 Å². The minimum absolute atomic E-state index is 0.0323. The molecule has 0 saturated heterocycles. The van der Waals surface area contributed by atoms with Gasteiger partial charge in [0.1, 0.15) is 5.76 Å². The maximum absolute atomic E-state index is 14.0. The van der Waals surface area contributed by atoms with Crippen molar-refractivity contribution >= 4 is 12.6 Å². The number of oxazole rings is 1. The van der Waals surface area contributed by atoms with Crippen LogP contribution in [0.5, 0.6) is 5.75 Å². The Balaban J connectivity index is 2.59. The average Bonchev–Trinajstić information content (AvgIpc) is 2.92. The van der Waals surface area contributed by atoms with E-state index < -0.39 is 18.4 Å². The van der Waals surface area contributed by atoms with Crippen LogP contribution in [0.3, 0.4) is 0 Å². The van der Waals surface area contributed by atoms with E-state index in [9.17, 15) is 14.4 Å². The van der Waals surface area contributed by atoms with Gasteiger partial charge in [0.05, 0.1) is 13.3 Å². The fourth-order valence-electron chi connectivity index (χ4n) is 2.05. The van der Waals surface area contributed by atoms with Gasteiger partial charge in [0.2, 0.25) is 0 Å². The number of benzene rings is 1. The van der Waals surface area contributed by atoms with Crippen LogP contribution in [-0.2, 0) is 5.41 Å². The third kappa shape index (κ3) is 2.42. The highest BCUT2D eigenvalue weighted by molar-refractivity contribution is 6.59. The van der Waals surface area contributed by atoms with Crippen LogP contribution in [0.2, 0.25) is 0 Å². The SMILES string of the molecule is COc1c(F)cc(C(C)(C)c2cnco2)cc1B(O)O. The Morgan fingerprint density at radius 3 is 2.55 bits per heavy atom. The van der Waals surface area contributed by atoms with Gasteiger partial charge in [0, 0.05) is 10.9 Å². The van der Waals surface area contributed by atoms with Gasteiger partial charge in [-0.15, -0.1) is 0 Å². The lowest BCUT2D eigenvalue weighted by molar-refractivity contribution is 0.379. The van der Waals surface area contributed by atoms with E-state index in [-0.39, 0.29) is 11.2 Å². The normalized spacial score (nSPS) is 11.5. The molecule has 0 bridgehead atoms. The van der Waals surface area contributed by atoms with Gasteiger partial charge in [-0.1, -0.05) is 6.07 Å². The first-order valence-corrected chi connectivity index (χ1v) is 6.01. The molecule has 7 heteroatoms. The van der Waals surface area contributed by atoms with Crippen molar-refractivity contribution in [1.82, 2.24) is 4.98 Å². The molecule has 1 aromatic heterocycles. The van der Waals surface area contributed by atoms with Crippen molar-refractivity contribution in [3.8, 4) is 5.75 Å². The summed E-state index contributed by atoms with van der Waals surface area (Å²) in [7, 11) is -0.559. The number of rotatable bonds is 4. The summed E-state index contributed by atoms with van der Waals surface area (Å²) in [6.45, 7) is 3.64. The molecule has 0 aliphatic heterocycles. The van der Waals surface area contributed by atoms with E-state index in [1.54, 1.807) is 0 Å². The second kappa shape index (κ2) is 5.26. The van der Waals surface area contributed by atoms with Crippen molar-refractivity contribution in [2.75, 3.05) is 7.11 Å². The number of hydrogen-bond acceptors (Lipinski definition) is 5. The number of ether oxygens (including phenoxy) is 1. The molecule has 0 unspecified atom stereocenters. The molecule has 1 aromatic carbocycles. The minimum atomic E-state index is -1.83. The van der Waals surface area contributed by atoms with Crippen molar-refractivity contribution in [2.24, 2.45) is 0 Å². The summed E-state index contributed by atoms with van der Waals surface area (Å²) < 4.78 is 24.2. The summed E-state index contributed by atoms with van der Waals surface area (Å²) in [5.74, 6) is -0.307. The molecule has 2 rings (SSSR count). The van der Waals surface area contributed by atoms with Crippen molar-refractivity contribution in [3.63, 3.8) is 0 Å². The van der Waals surface area contributed by atoms with Crippen molar-refractivity contribution in [2.45, 2.75) is 19.3 Å². The summed E-state index contributed by atoms with van der Waals surface area (Å²) >= 11 is 0. The van der Waals surface area contributed by atoms with E-state index in [0.717, 1.165) is 0 Å². The van der Waals surface area contributed by atoms with E-state index in [2.05, 4.69) is 4.98 Å². The quantitative estimate of drug-likeness (QED) is 0.811. The molecule has 5 nitrogen and oxygen atoms in total. The summed E-state index contributed by atoms with van der Waals surface area (Å²) in [6, 6.07) is 2.77. The predicted molar refractivity (Wildman–Crippen MR) is 71.4 cm³/mol. The minimum Gasteiger partial charge on any atom is -0.494 e. The zero-order valence-electron chi connectivity index (χ0n) is 11.4. The molecular formula is C13H15BFNO4. The van der Waals surface area contributed by atoms with E-state index in [1.165, 1.54) is 31.8 Å². The number of methoxy groups -OCH3 is 1. The van der Waals surface area contributed by atoms with Gasteiger partial charge in [-0.3, -0.25) is 0 Å². The molecule has 0 radical (unpaired) electrons. The fraction of sp³-hybridized carbons (Fsp3) is 0.308. The molecule has 0 atom stereocenters. The van der Waals surface area contributed by atoms with Crippen LogP contribution in [0.25, 0.3) is 0 Å². The first-order valence-electron chi connectivity index (χ1n) is 6.01. The van der Waals surface area contributed by atoms with Gasteiger partial charge < -0.3 is 19.2 Å². The highest BCUT2D eigenvalue weighted by atomic mass is 19.1. The molecule has 1 heterocycles. The zero-order chi connectivity index (χ0) is 14.9. The topological polar surface area (TPSA) is 75.7 Å². The summed E-state index contributed by atoms with van der Waals surface area (Å²) in [4.78, 5) is 3.84. The van der Waals surface area contributed by atoms with Crippen LogP contribution < -0.4 is 10.2 Å². The van der Waals surface area contributed by atoms with E-state index in [4.69, 9.17) is 9.15 Å². The molecule has 0 amide bonds. The molecule has 20 heavy (non-hydrogen) atoms. The van der Waals surface area contributed by atoms with Crippen molar-refractivity contribution in [1.29, 1.82) is 0 Å². The summed E-state index contributed by atoms with van der Waals surface area (Å²) in [5.41, 5.74) is -0.182. The van der Waals surface area contributed by atoms with Crippen LogP contribution in [0, 0.1) is 5.82 Å². The number of nitrogens with zero attached hydrogens (tertiary/aromatic N) is 1. The third-order valence-electron chi connectivity index (χ3n) is 3.32. The Morgan fingerprint density at radius 1 is 1.35 bits per heavy atom. The highest BCUT2D eigenvalue weighted by Crippen LogP contribution is 2.32. The monoisotopic (exact) mass is 279 g/mol. The lowest BCUT2D eigenvalue weighted by Gasteiger charge is -2.24. The molecule has 0 aliphatic rings. The number of aromatic nitrogens is 1. The number of halogens is 1. The van der Waals surface area contributed by atoms with Crippen LogP contribution >= 0.6 is 0 Å². The Bertz CT molecular complexity index is 599. The van der Waals surface area contributed by atoms with Gasteiger partial charge in [-0.25, -0.2) is 9.37 Å². The molecule has 0 aliphatic carbocycles. The van der Waals surface area contributed by atoms with E-state index >= 15 is 0 Å². The number of hydrogen-bond donors (Lipinski definition) is 2. The predicted octanol–water partition coefficient (Wildman–Crippen LogP) is 0.828. The summed E-state index contributed by atoms with van der Waals surface area (Å²) in [5, 5.41) is 18.7. The van der Waals surface area contributed by atoms with Gasteiger partial charge in [0.25, 0.3) is 0 Å². The molecule has 0 spiro atoms. The van der Waals surface area contributed by atoms with E-state index in [0.29, 0.717) is 11.3 Å². The van der Waals surface area contributed by atoms with Crippen molar-refractivity contribution < 1.29 is 23.6 Å². The largest absolute Gasteiger partial charge is 0.494 e. The Morgan fingerprint density at radius 2 is 2.05 bits per heavy atom. The lowest BCUT2D eigenvalue weighted by Crippen LogP contribution is -2.34.